The fourth-order valence-corrected chi connectivity index (χ4v) is 1.92. The van der Waals surface area contributed by atoms with Gasteiger partial charge in [0.05, 0.1) is 10.7 Å². The van der Waals surface area contributed by atoms with E-state index in [9.17, 15) is 0 Å². The molecule has 1 atom stereocenters. The summed E-state index contributed by atoms with van der Waals surface area (Å²) in [5.74, 6) is 0. The zero-order chi connectivity index (χ0) is 12.5. The highest BCUT2D eigenvalue weighted by Crippen LogP contribution is 2.32. The summed E-state index contributed by atoms with van der Waals surface area (Å²) in [4.78, 5) is 2.20. The van der Waals surface area contributed by atoms with Crippen LogP contribution < -0.4 is 10.6 Å². The first kappa shape index (κ1) is 13.2. The number of nitrogens with two attached hydrogens (primary N) is 1. The molecule has 0 aliphatic rings. The number of hydrogen-bond acceptors (Lipinski definition) is 2. The minimum atomic E-state index is 0.208. The highest BCUT2D eigenvalue weighted by Gasteiger charge is 2.25. The Hall–Kier alpha value is -0.890. The maximum atomic E-state index is 6.20. The topological polar surface area (TPSA) is 29.3 Å². The monoisotopic (exact) mass is 240 g/mol. The molecule has 1 aromatic carbocycles. The summed E-state index contributed by atoms with van der Waals surface area (Å²) in [7, 11) is 2.06. The molecule has 0 saturated heterocycles. The molecule has 0 bridgehead atoms. The van der Waals surface area contributed by atoms with Crippen molar-refractivity contribution in [2.24, 2.45) is 5.41 Å². The van der Waals surface area contributed by atoms with Crippen molar-refractivity contribution >= 4 is 23.0 Å². The van der Waals surface area contributed by atoms with Crippen LogP contribution in [0.15, 0.2) is 18.2 Å². The first-order valence-electron chi connectivity index (χ1n) is 5.51. The van der Waals surface area contributed by atoms with E-state index < -0.39 is 0 Å². The van der Waals surface area contributed by atoms with Crippen molar-refractivity contribution in [3.05, 3.63) is 23.2 Å². The zero-order valence-electron chi connectivity index (χ0n) is 10.7. The molecule has 0 saturated carbocycles. The second kappa shape index (κ2) is 4.54. The molecule has 0 aromatic heterocycles. The van der Waals surface area contributed by atoms with Crippen LogP contribution in [0.1, 0.15) is 27.7 Å². The summed E-state index contributed by atoms with van der Waals surface area (Å²) in [6.07, 6.45) is 0. The van der Waals surface area contributed by atoms with Crippen LogP contribution in [0.5, 0.6) is 0 Å². The molecule has 0 heterocycles. The molecule has 1 unspecified atom stereocenters. The molecule has 0 spiro atoms. The third-order valence-electron chi connectivity index (χ3n) is 3.19. The molecular weight excluding hydrogens is 220 g/mol. The van der Waals surface area contributed by atoms with Gasteiger partial charge in [0, 0.05) is 18.8 Å². The van der Waals surface area contributed by atoms with Gasteiger partial charge in [-0.25, -0.2) is 0 Å². The van der Waals surface area contributed by atoms with E-state index in [1.54, 1.807) is 6.07 Å². The Labute approximate surface area is 103 Å². The Morgan fingerprint density at radius 1 is 1.31 bits per heavy atom. The predicted octanol–water partition coefficient (Wildman–Crippen LogP) is 3.79. The van der Waals surface area contributed by atoms with Crippen LogP contribution in [0.25, 0.3) is 0 Å². The molecule has 0 aliphatic heterocycles. The lowest BCUT2D eigenvalue weighted by molar-refractivity contribution is 0.330. The fraction of sp³-hybridized carbons (Fsp3) is 0.538. The van der Waals surface area contributed by atoms with E-state index in [1.165, 1.54) is 0 Å². The molecular formula is C13H21ClN2. The smallest absolute Gasteiger partial charge is 0.0660 e. The van der Waals surface area contributed by atoms with Crippen molar-refractivity contribution in [3.63, 3.8) is 0 Å². The van der Waals surface area contributed by atoms with Gasteiger partial charge in [-0.1, -0.05) is 32.4 Å². The maximum absolute atomic E-state index is 6.20. The average molecular weight is 241 g/mol. The minimum absolute atomic E-state index is 0.208. The number of halogens is 1. The molecule has 1 aromatic rings. The third kappa shape index (κ3) is 2.82. The Bertz CT molecular complexity index is 369. The summed E-state index contributed by atoms with van der Waals surface area (Å²) in [5.41, 5.74) is 7.62. The number of nitrogens with zero attached hydrogens (tertiary/aromatic N) is 1. The summed E-state index contributed by atoms with van der Waals surface area (Å²) in [6.45, 7) is 8.87. The lowest BCUT2D eigenvalue weighted by Crippen LogP contribution is -2.39. The molecule has 3 heteroatoms. The number of hydrogen-bond donors (Lipinski definition) is 1. The normalized spacial score (nSPS) is 13.6. The van der Waals surface area contributed by atoms with Gasteiger partial charge in [0.2, 0.25) is 0 Å². The van der Waals surface area contributed by atoms with Crippen LogP contribution in [-0.4, -0.2) is 13.1 Å². The number of anilines is 2. The van der Waals surface area contributed by atoms with Gasteiger partial charge in [-0.2, -0.15) is 0 Å². The first-order valence-corrected chi connectivity index (χ1v) is 5.89. The lowest BCUT2D eigenvalue weighted by Gasteiger charge is -2.37. The van der Waals surface area contributed by atoms with Crippen LogP contribution in [0.4, 0.5) is 11.4 Å². The van der Waals surface area contributed by atoms with E-state index in [4.69, 9.17) is 17.3 Å². The van der Waals surface area contributed by atoms with Crippen LogP contribution in [0.3, 0.4) is 0 Å². The first-order chi connectivity index (χ1) is 7.23. The largest absolute Gasteiger partial charge is 0.399 e. The van der Waals surface area contributed by atoms with E-state index in [0.717, 1.165) is 5.69 Å². The molecule has 0 aliphatic carbocycles. The Morgan fingerprint density at radius 3 is 2.31 bits per heavy atom. The number of nitrogen functional groups attached to an aromatic ring is 1. The summed E-state index contributed by atoms with van der Waals surface area (Å²) < 4.78 is 0. The quantitative estimate of drug-likeness (QED) is 0.797. The van der Waals surface area contributed by atoms with Crippen molar-refractivity contribution in [3.8, 4) is 0 Å². The third-order valence-corrected chi connectivity index (χ3v) is 3.49. The molecule has 90 valence electrons. The Balaban J connectivity index is 3.01. The fourth-order valence-electron chi connectivity index (χ4n) is 1.60. The van der Waals surface area contributed by atoms with Gasteiger partial charge in [-0.15, -0.1) is 0 Å². The number of benzene rings is 1. The van der Waals surface area contributed by atoms with Gasteiger partial charge in [0.1, 0.15) is 0 Å². The summed E-state index contributed by atoms with van der Waals surface area (Å²) in [6, 6.07) is 6.05. The van der Waals surface area contributed by atoms with E-state index in [0.29, 0.717) is 16.8 Å². The van der Waals surface area contributed by atoms with Crippen molar-refractivity contribution in [1.82, 2.24) is 0 Å². The predicted molar refractivity (Wildman–Crippen MR) is 73.2 cm³/mol. The van der Waals surface area contributed by atoms with Crippen molar-refractivity contribution in [1.29, 1.82) is 0 Å². The van der Waals surface area contributed by atoms with Crippen molar-refractivity contribution < 1.29 is 0 Å². The van der Waals surface area contributed by atoms with Gasteiger partial charge in [-0.3, -0.25) is 0 Å². The molecule has 2 N–H and O–H groups in total. The molecule has 0 radical (unpaired) electrons. The average Bonchev–Trinajstić information content (AvgIpc) is 2.14. The summed E-state index contributed by atoms with van der Waals surface area (Å²) in [5, 5.41) is 0.707. The highest BCUT2D eigenvalue weighted by molar-refractivity contribution is 6.33. The highest BCUT2D eigenvalue weighted by atomic mass is 35.5. The molecule has 0 amide bonds. The summed E-state index contributed by atoms with van der Waals surface area (Å²) >= 11 is 6.20. The van der Waals surface area contributed by atoms with Crippen LogP contribution in [0.2, 0.25) is 5.02 Å². The molecule has 1 rings (SSSR count). The zero-order valence-corrected chi connectivity index (χ0v) is 11.5. The molecule has 16 heavy (non-hydrogen) atoms. The van der Waals surface area contributed by atoms with Crippen LogP contribution in [0, 0.1) is 5.41 Å². The second-order valence-corrected chi connectivity index (χ2v) is 5.77. The van der Waals surface area contributed by atoms with E-state index >= 15 is 0 Å². The Kier molecular flexibility index (Phi) is 3.74. The van der Waals surface area contributed by atoms with Gasteiger partial charge in [0.25, 0.3) is 0 Å². The van der Waals surface area contributed by atoms with Crippen molar-refractivity contribution in [2.75, 3.05) is 17.7 Å². The standard InChI is InChI=1S/C13H21ClN2/c1-9(13(2,3)4)16(5)12-7-6-10(15)8-11(12)14/h6-9H,15H2,1-5H3. The van der Waals surface area contributed by atoms with E-state index in [1.807, 2.05) is 12.1 Å². The number of rotatable bonds is 2. The van der Waals surface area contributed by atoms with Crippen LogP contribution >= 0.6 is 11.6 Å². The van der Waals surface area contributed by atoms with Crippen molar-refractivity contribution in [2.45, 2.75) is 33.7 Å². The van der Waals surface area contributed by atoms with E-state index in [2.05, 4.69) is 39.6 Å². The van der Waals surface area contributed by atoms with Gasteiger partial charge in [0.15, 0.2) is 0 Å². The van der Waals surface area contributed by atoms with E-state index in [-0.39, 0.29) is 5.41 Å². The molecule has 0 fully saturated rings. The SMILES string of the molecule is CC(N(C)c1ccc(N)cc1Cl)C(C)(C)C. The molecule has 2 nitrogen and oxygen atoms in total. The van der Waals surface area contributed by atoms with Gasteiger partial charge in [-0.05, 0) is 30.5 Å². The van der Waals surface area contributed by atoms with Crippen LogP contribution in [-0.2, 0) is 0 Å². The lowest BCUT2D eigenvalue weighted by atomic mass is 9.87. The van der Waals surface area contributed by atoms with Gasteiger partial charge < -0.3 is 10.6 Å². The second-order valence-electron chi connectivity index (χ2n) is 5.36. The maximum Gasteiger partial charge on any atom is 0.0660 e. The Morgan fingerprint density at radius 2 is 1.88 bits per heavy atom. The minimum Gasteiger partial charge on any atom is -0.399 e. The van der Waals surface area contributed by atoms with Gasteiger partial charge >= 0.3 is 0 Å².